The minimum Gasteiger partial charge on any atom is -0.220 e. The van der Waals surface area contributed by atoms with Crippen LogP contribution in [0.25, 0.3) is 0 Å². The highest BCUT2D eigenvalue weighted by Gasteiger charge is 1.88. The maximum Gasteiger partial charge on any atom is 0.0346 e. The van der Waals surface area contributed by atoms with Crippen LogP contribution in [0.15, 0.2) is 0 Å². The number of hydrogen-bond acceptors (Lipinski definition) is 4. The Morgan fingerprint density at radius 2 is 2.22 bits per heavy atom. The molecule has 0 heterocycles. The van der Waals surface area contributed by atoms with Crippen LogP contribution in [0.3, 0.4) is 0 Å². The zero-order chi connectivity index (χ0) is 6.95. The van der Waals surface area contributed by atoms with Crippen LogP contribution in [-0.2, 0) is 9.37 Å². The van der Waals surface area contributed by atoms with Crippen LogP contribution in [0.2, 0.25) is 0 Å². The Hall–Kier alpha value is 0.230. The van der Waals surface area contributed by atoms with Gasteiger partial charge in [-0.3, -0.25) is 0 Å². The van der Waals surface area contributed by atoms with Crippen molar-refractivity contribution in [2.45, 2.75) is 26.2 Å². The monoisotopic (exact) mass is 152 g/mol. The molecule has 0 aromatic heterocycles. The van der Waals surface area contributed by atoms with E-state index in [2.05, 4.69) is 16.3 Å². The zero-order valence-electron chi connectivity index (χ0n) is 5.50. The first-order valence-electron chi connectivity index (χ1n) is 3.01. The molecule has 0 radical (unpaired) electrons. The molecule has 0 saturated carbocycles. The van der Waals surface area contributed by atoms with E-state index in [-0.39, 0.29) is 0 Å². The Bertz CT molecular complexity index is 45.5. The topological polar surface area (TPSA) is 38.7 Å². The van der Waals surface area contributed by atoms with Crippen LogP contribution in [0.5, 0.6) is 0 Å². The highest BCUT2D eigenvalue weighted by Crippen LogP contribution is 2.06. The van der Waals surface area contributed by atoms with Crippen molar-refractivity contribution in [2.75, 3.05) is 5.75 Å². The highest BCUT2D eigenvalue weighted by atomic mass is 32.2. The van der Waals surface area contributed by atoms with Crippen molar-refractivity contribution >= 4 is 12.0 Å². The Balaban J connectivity index is 2.60. The number of unbranched alkanes of at least 4 members (excludes halogenated alkanes) is 2. The summed E-state index contributed by atoms with van der Waals surface area (Å²) < 4.78 is 4.15. The van der Waals surface area contributed by atoms with Gasteiger partial charge in [0.05, 0.1) is 0 Å². The molecule has 0 aromatic carbocycles. The molecule has 0 unspecified atom stereocenters. The lowest BCUT2D eigenvalue weighted by Gasteiger charge is -1.94. The smallest absolute Gasteiger partial charge is 0.0346 e. The Morgan fingerprint density at radius 1 is 1.44 bits per heavy atom. The third-order valence-electron chi connectivity index (χ3n) is 0.910. The maximum absolute atomic E-state index is 7.68. The Labute approximate surface area is 59.4 Å². The third-order valence-corrected chi connectivity index (χ3v) is 1.52. The molecular weight excluding hydrogens is 140 g/mol. The fourth-order valence-corrected chi connectivity index (χ4v) is 0.900. The quantitative estimate of drug-likeness (QED) is 0.274. The van der Waals surface area contributed by atoms with Crippen molar-refractivity contribution in [3.05, 3.63) is 0 Å². The summed E-state index contributed by atoms with van der Waals surface area (Å²) in [4.78, 5) is 0. The molecular formula is C5H12O3S. The molecule has 0 aromatic rings. The largest absolute Gasteiger partial charge is 0.220 e. The van der Waals surface area contributed by atoms with Gasteiger partial charge in [-0.15, -0.1) is 4.33 Å². The van der Waals surface area contributed by atoms with Crippen molar-refractivity contribution in [3.63, 3.8) is 0 Å². The van der Waals surface area contributed by atoms with Crippen molar-refractivity contribution in [3.8, 4) is 0 Å². The van der Waals surface area contributed by atoms with Gasteiger partial charge >= 0.3 is 0 Å². The summed E-state index contributed by atoms with van der Waals surface area (Å²) in [6.07, 6.45) is 3.49. The normalized spacial score (nSPS) is 10.0. The molecule has 0 bridgehead atoms. The van der Waals surface area contributed by atoms with Gasteiger partial charge in [-0.2, -0.15) is 0 Å². The molecule has 0 amide bonds. The van der Waals surface area contributed by atoms with Crippen molar-refractivity contribution in [2.24, 2.45) is 0 Å². The van der Waals surface area contributed by atoms with Crippen molar-refractivity contribution in [1.29, 1.82) is 0 Å². The summed E-state index contributed by atoms with van der Waals surface area (Å²) in [6, 6.07) is 0. The predicted molar refractivity (Wildman–Crippen MR) is 36.8 cm³/mol. The second kappa shape index (κ2) is 8.23. The first-order valence-corrected chi connectivity index (χ1v) is 3.92. The van der Waals surface area contributed by atoms with Gasteiger partial charge in [0.15, 0.2) is 0 Å². The molecule has 0 aliphatic carbocycles. The highest BCUT2D eigenvalue weighted by molar-refractivity contribution is 7.94. The first kappa shape index (κ1) is 9.23. The summed E-state index contributed by atoms with van der Waals surface area (Å²) in [7, 11) is 0. The summed E-state index contributed by atoms with van der Waals surface area (Å²) in [6.45, 7) is 2.13. The maximum atomic E-state index is 7.68. The Kier molecular flexibility index (Phi) is 8.44. The van der Waals surface area contributed by atoms with Gasteiger partial charge in [0.1, 0.15) is 0 Å². The average Bonchev–Trinajstić information content (AvgIpc) is 1.89. The first-order chi connectivity index (χ1) is 4.41. The van der Waals surface area contributed by atoms with E-state index >= 15 is 0 Å². The van der Waals surface area contributed by atoms with Gasteiger partial charge < -0.3 is 0 Å². The molecule has 0 aliphatic rings. The Morgan fingerprint density at radius 3 is 2.78 bits per heavy atom. The SMILES string of the molecule is CCCCCSOOO. The van der Waals surface area contributed by atoms with Gasteiger partial charge in [0, 0.05) is 17.8 Å². The van der Waals surface area contributed by atoms with Crippen LogP contribution in [-0.4, -0.2) is 11.0 Å². The molecule has 9 heavy (non-hydrogen) atoms. The lowest BCUT2D eigenvalue weighted by atomic mass is 10.3. The minimum absolute atomic E-state index is 0.869. The molecule has 3 nitrogen and oxygen atoms in total. The van der Waals surface area contributed by atoms with E-state index in [1.807, 2.05) is 0 Å². The summed E-state index contributed by atoms with van der Waals surface area (Å²) in [5.74, 6) is 0.869. The second-order valence-electron chi connectivity index (χ2n) is 1.67. The van der Waals surface area contributed by atoms with Crippen LogP contribution < -0.4 is 0 Å². The van der Waals surface area contributed by atoms with Crippen LogP contribution in [0.1, 0.15) is 26.2 Å². The van der Waals surface area contributed by atoms with Crippen molar-refractivity contribution in [1.82, 2.24) is 0 Å². The molecule has 0 rings (SSSR count). The van der Waals surface area contributed by atoms with E-state index in [4.69, 9.17) is 5.26 Å². The van der Waals surface area contributed by atoms with Crippen LogP contribution in [0, 0.1) is 0 Å². The van der Waals surface area contributed by atoms with E-state index in [9.17, 15) is 0 Å². The van der Waals surface area contributed by atoms with E-state index in [0.29, 0.717) is 0 Å². The van der Waals surface area contributed by atoms with E-state index in [1.54, 1.807) is 0 Å². The fourth-order valence-electron chi connectivity index (χ4n) is 0.467. The summed E-state index contributed by atoms with van der Waals surface area (Å²) in [5, 5.41) is 11.1. The summed E-state index contributed by atoms with van der Waals surface area (Å²) >= 11 is 1.12. The van der Waals surface area contributed by atoms with Gasteiger partial charge in [0.2, 0.25) is 0 Å². The van der Waals surface area contributed by atoms with E-state index < -0.39 is 0 Å². The summed E-state index contributed by atoms with van der Waals surface area (Å²) in [5.41, 5.74) is 0. The van der Waals surface area contributed by atoms with Crippen LogP contribution >= 0.6 is 12.0 Å². The molecule has 56 valence electrons. The third kappa shape index (κ3) is 8.23. The second-order valence-corrected chi connectivity index (χ2v) is 2.45. The van der Waals surface area contributed by atoms with E-state index in [0.717, 1.165) is 24.2 Å². The number of hydrogen-bond donors (Lipinski definition) is 1. The molecule has 4 heteroatoms. The zero-order valence-corrected chi connectivity index (χ0v) is 6.32. The van der Waals surface area contributed by atoms with Gasteiger partial charge in [0.25, 0.3) is 0 Å². The standard InChI is InChI=1S/C5H12O3S/c1-2-3-4-5-9-8-7-6/h6H,2-5H2,1H3. The molecule has 0 fully saturated rings. The lowest BCUT2D eigenvalue weighted by molar-refractivity contribution is -0.432. The van der Waals surface area contributed by atoms with Crippen molar-refractivity contribution < 1.29 is 14.6 Å². The molecule has 0 atom stereocenters. The van der Waals surface area contributed by atoms with Gasteiger partial charge in [-0.1, -0.05) is 24.8 Å². The van der Waals surface area contributed by atoms with E-state index in [1.165, 1.54) is 12.8 Å². The molecule has 0 saturated heterocycles. The fraction of sp³-hybridized carbons (Fsp3) is 1.00. The predicted octanol–water partition coefficient (Wildman–Crippen LogP) is 2.25. The van der Waals surface area contributed by atoms with Gasteiger partial charge in [-0.25, -0.2) is 5.26 Å². The average molecular weight is 152 g/mol. The molecule has 0 aliphatic heterocycles. The lowest BCUT2D eigenvalue weighted by Crippen LogP contribution is -1.82. The molecule has 0 spiro atoms. The number of rotatable bonds is 6. The van der Waals surface area contributed by atoms with Crippen LogP contribution in [0.4, 0.5) is 0 Å². The molecule has 1 N–H and O–H groups in total. The van der Waals surface area contributed by atoms with Gasteiger partial charge in [-0.05, 0) is 6.42 Å². The minimum atomic E-state index is 0.869.